The van der Waals surface area contributed by atoms with E-state index in [9.17, 15) is 13.2 Å². The van der Waals surface area contributed by atoms with Crippen LogP contribution in [0.3, 0.4) is 0 Å². The lowest BCUT2D eigenvalue weighted by Gasteiger charge is -2.22. The summed E-state index contributed by atoms with van der Waals surface area (Å²) in [5, 5.41) is 6.04. The van der Waals surface area contributed by atoms with Crippen LogP contribution < -0.4 is 0 Å². The van der Waals surface area contributed by atoms with Crippen molar-refractivity contribution >= 4 is 48.9 Å². The summed E-state index contributed by atoms with van der Waals surface area (Å²) in [7, 11) is -1.37. The molecule has 0 N–H and O–H groups in total. The zero-order valence-electron chi connectivity index (χ0n) is 14.8. The number of hydrogen-bond donors (Lipinski definition) is 0. The van der Waals surface area contributed by atoms with Crippen LogP contribution in [0.5, 0.6) is 0 Å². The Morgan fingerprint density at radius 2 is 2.11 bits per heavy atom. The number of benzene rings is 1. The summed E-state index contributed by atoms with van der Waals surface area (Å²) in [6.07, 6.45) is 0.488. The molecule has 1 aliphatic heterocycles. The summed E-state index contributed by atoms with van der Waals surface area (Å²) in [5.74, 6) is 0.0119. The Hall–Kier alpha value is -1.90. The molecule has 9 heteroatoms. The number of amides is 1. The van der Waals surface area contributed by atoms with E-state index in [-0.39, 0.29) is 23.5 Å². The third-order valence-electron chi connectivity index (χ3n) is 4.91. The van der Waals surface area contributed by atoms with Crippen molar-refractivity contribution in [3.63, 3.8) is 0 Å². The number of fused-ring (bicyclic) bond motifs is 1. The largest absolute Gasteiger partial charge is 0.337 e. The van der Waals surface area contributed by atoms with Crippen LogP contribution >= 0.6 is 22.9 Å². The maximum absolute atomic E-state index is 12.9. The first kappa shape index (κ1) is 18.5. The molecular weight excluding hydrogens is 406 g/mol. The predicted molar refractivity (Wildman–Crippen MR) is 108 cm³/mol. The van der Waals surface area contributed by atoms with Gasteiger partial charge >= 0.3 is 0 Å². The van der Waals surface area contributed by atoms with Gasteiger partial charge in [-0.15, -0.1) is 11.3 Å². The van der Waals surface area contributed by atoms with Crippen LogP contribution in [-0.4, -0.2) is 53.6 Å². The van der Waals surface area contributed by atoms with E-state index in [1.165, 1.54) is 11.3 Å². The van der Waals surface area contributed by atoms with Gasteiger partial charge in [-0.2, -0.15) is 5.10 Å². The van der Waals surface area contributed by atoms with Crippen LogP contribution in [-0.2, 0) is 9.84 Å². The molecule has 1 fully saturated rings. The number of thiophene rings is 1. The minimum Gasteiger partial charge on any atom is -0.337 e. The number of halogens is 1. The van der Waals surface area contributed by atoms with Crippen LogP contribution in [0.25, 0.3) is 15.9 Å². The van der Waals surface area contributed by atoms with Crippen molar-refractivity contribution in [2.45, 2.75) is 19.4 Å². The van der Waals surface area contributed by atoms with E-state index >= 15 is 0 Å². The summed E-state index contributed by atoms with van der Waals surface area (Å²) in [4.78, 5) is 15.9. The lowest BCUT2D eigenvalue weighted by molar-refractivity contribution is 0.0752. The minimum atomic E-state index is -3.04. The normalized spacial score (nSPS) is 18.9. The lowest BCUT2D eigenvalue weighted by Crippen LogP contribution is -2.37. The molecule has 0 aliphatic carbocycles. The van der Waals surface area contributed by atoms with Gasteiger partial charge in [0.15, 0.2) is 9.84 Å². The van der Waals surface area contributed by atoms with Gasteiger partial charge in [0.1, 0.15) is 4.83 Å². The predicted octanol–water partition coefficient (Wildman–Crippen LogP) is 3.31. The van der Waals surface area contributed by atoms with Crippen molar-refractivity contribution in [3.05, 3.63) is 45.9 Å². The molecule has 0 spiro atoms. The van der Waals surface area contributed by atoms with Crippen molar-refractivity contribution in [2.24, 2.45) is 0 Å². The van der Waals surface area contributed by atoms with Crippen LogP contribution in [0.2, 0.25) is 5.02 Å². The fraction of sp³-hybridized carbons (Fsp3) is 0.333. The third kappa shape index (κ3) is 3.26. The highest BCUT2D eigenvalue weighted by Crippen LogP contribution is 2.33. The molecular formula is C18H18ClN3O3S2. The Balaban J connectivity index is 1.71. The Kier molecular flexibility index (Phi) is 4.52. The van der Waals surface area contributed by atoms with E-state index in [0.717, 1.165) is 21.6 Å². The van der Waals surface area contributed by atoms with Crippen LogP contribution in [0.1, 0.15) is 21.8 Å². The first-order valence-corrected chi connectivity index (χ1v) is 11.5. The summed E-state index contributed by atoms with van der Waals surface area (Å²) in [6, 6.07) is 8.98. The first-order chi connectivity index (χ1) is 12.8. The van der Waals surface area contributed by atoms with E-state index < -0.39 is 9.84 Å². The zero-order chi connectivity index (χ0) is 19.3. The van der Waals surface area contributed by atoms with E-state index in [1.54, 1.807) is 22.7 Å². The monoisotopic (exact) mass is 423 g/mol. The van der Waals surface area contributed by atoms with Crippen molar-refractivity contribution in [1.82, 2.24) is 14.7 Å². The van der Waals surface area contributed by atoms with Gasteiger partial charge in [0.2, 0.25) is 0 Å². The molecule has 0 saturated carbocycles. The number of aryl methyl sites for hydroxylation is 1. The van der Waals surface area contributed by atoms with Crippen LogP contribution in [0, 0.1) is 6.92 Å². The second-order valence-corrected chi connectivity index (χ2v) is 10.4. The fourth-order valence-electron chi connectivity index (χ4n) is 3.36. The molecule has 27 heavy (non-hydrogen) atoms. The number of hydrogen-bond acceptors (Lipinski definition) is 5. The standard InChI is InChI=1S/C18H18ClN3O3S2/c1-11-13-9-16(17(23)21(2)12-7-8-27(24,25)10-12)26-18(13)22(20-11)15-6-4-3-5-14(15)19/h3-6,9,12H,7-8,10H2,1-2H3/t12-/m1/s1. The van der Waals surface area contributed by atoms with E-state index in [0.29, 0.717) is 16.3 Å². The Morgan fingerprint density at radius 1 is 1.37 bits per heavy atom. The quantitative estimate of drug-likeness (QED) is 0.647. The molecule has 1 amide bonds. The molecule has 0 radical (unpaired) electrons. The molecule has 3 aromatic rings. The smallest absolute Gasteiger partial charge is 0.264 e. The van der Waals surface area contributed by atoms with E-state index in [1.807, 2.05) is 31.2 Å². The number of carbonyl (C=O) groups excluding carboxylic acids is 1. The molecule has 6 nitrogen and oxygen atoms in total. The molecule has 0 bridgehead atoms. The van der Waals surface area contributed by atoms with Gasteiger partial charge in [-0.1, -0.05) is 23.7 Å². The summed E-state index contributed by atoms with van der Waals surface area (Å²) >= 11 is 7.66. The van der Waals surface area contributed by atoms with Crippen molar-refractivity contribution < 1.29 is 13.2 Å². The summed E-state index contributed by atoms with van der Waals surface area (Å²) in [5.41, 5.74) is 1.57. The number of sulfone groups is 1. The highest BCUT2D eigenvalue weighted by atomic mass is 35.5. The third-order valence-corrected chi connectivity index (χ3v) is 8.08. The van der Waals surface area contributed by atoms with Gasteiger partial charge < -0.3 is 4.90 Å². The lowest BCUT2D eigenvalue weighted by atomic mass is 10.2. The topological polar surface area (TPSA) is 72.3 Å². The molecule has 1 aromatic carbocycles. The molecule has 3 heterocycles. The van der Waals surface area contributed by atoms with Crippen molar-refractivity contribution in [2.75, 3.05) is 18.6 Å². The van der Waals surface area contributed by atoms with Crippen LogP contribution in [0.15, 0.2) is 30.3 Å². The maximum atomic E-state index is 12.9. The Labute approximate surface area is 166 Å². The Bertz CT molecular complexity index is 1150. The van der Waals surface area contributed by atoms with Gasteiger partial charge in [0, 0.05) is 18.5 Å². The number of carbonyl (C=O) groups is 1. The van der Waals surface area contributed by atoms with E-state index in [4.69, 9.17) is 11.6 Å². The minimum absolute atomic E-state index is 0.0343. The van der Waals surface area contributed by atoms with Crippen molar-refractivity contribution in [3.8, 4) is 5.69 Å². The molecule has 1 aliphatic rings. The number of rotatable bonds is 3. The number of nitrogens with zero attached hydrogens (tertiary/aromatic N) is 3. The molecule has 142 valence electrons. The van der Waals surface area contributed by atoms with Crippen molar-refractivity contribution in [1.29, 1.82) is 0 Å². The average Bonchev–Trinajstić information content (AvgIpc) is 3.29. The number of aromatic nitrogens is 2. The highest BCUT2D eigenvalue weighted by molar-refractivity contribution is 7.91. The summed E-state index contributed by atoms with van der Waals surface area (Å²) in [6.45, 7) is 1.89. The molecule has 0 unspecified atom stereocenters. The highest BCUT2D eigenvalue weighted by Gasteiger charge is 2.33. The van der Waals surface area contributed by atoms with Gasteiger partial charge in [0.05, 0.1) is 32.8 Å². The van der Waals surface area contributed by atoms with Gasteiger partial charge in [-0.25, -0.2) is 13.1 Å². The van der Waals surface area contributed by atoms with Gasteiger partial charge in [0.25, 0.3) is 5.91 Å². The molecule has 1 saturated heterocycles. The van der Waals surface area contributed by atoms with Gasteiger partial charge in [-0.3, -0.25) is 4.79 Å². The fourth-order valence-corrected chi connectivity index (χ4v) is 6.51. The molecule has 4 rings (SSSR count). The maximum Gasteiger partial charge on any atom is 0.264 e. The van der Waals surface area contributed by atoms with E-state index in [2.05, 4.69) is 5.10 Å². The molecule has 1 atom stereocenters. The second kappa shape index (κ2) is 6.61. The van der Waals surface area contributed by atoms with Crippen LogP contribution in [0.4, 0.5) is 0 Å². The second-order valence-electron chi connectivity index (χ2n) is 6.75. The SMILES string of the molecule is Cc1nn(-c2ccccc2Cl)c2sc(C(=O)N(C)[C@@H]3CCS(=O)(=O)C3)cc12. The molecule has 2 aromatic heterocycles. The average molecular weight is 424 g/mol. The first-order valence-electron chi connectivity index (χ1n) is 8.48. The zero-order valence-corrected chi connectivity index (χ0v) is 17.2. The number of para-hydroxylation sites is 1. The summed E-state index contributed by atoms with van der Waals surface area (Å²) < 4.78 is 25.2. The Morgan fingerprint density at radius 3 is 2.78 bits per heavy atom. The van der Waals surface area contributed by atoms with Gasteiger partial charge in [-0.05, 0) is 31.5 Å².